The van der Waals surface area contributed by atoms with Gasteiger partial charge in [0.05, 0.1) is 15.3 Å². The first kappa shape index (κ1) is 26.7. The fourth-order valence-electron chi connectivity index (χ4n) is 6.49. The van der Waals surface area contributed by atoms with Gasteiger partial charge in [-0.3, -0.25) is 23.7 Å². The van der Waals surface area contributed by atoms with Crippen molar-refractivity contribution in [3.63, 3.8) is 0 Å². The van der Waals surface area contributed by atoms with Crippen LogP contribution in [-0.2, 0) is 0 Å². The van der Waals surface area contributed by atoms with E-state index in [1.807, 2.05) is 29.6 Å². The van der Waals surface area contributed by atoms with Gasteiger partial charge in [0.2, 0.25) is 0 Å². The highest BCUT2D eigenvalue weighted by molar-refractivity contribution is 7.27. The molecule has 9 heteroatoms. The second kappa shape index (κ2) is 10.4. The number of hydrogen-bond donors (Lipinski definition) is 0. The fraction of sp³-hybridized carbons (Fsp3) is 0.235. The summed E-state index contributed by atoms with van der Waals surface area (Å²) >= 11 is 4.96. The van der Waals surface area contributed by atoms with E-state index in [4.69, 9.17) is 4.98 Å². The van der Waals surface area contributed by atoms with Crippen LogP contribution in [0.3, 0.4) is 0 Å². The zero-order valence-electron chi connectivity index (χ0n) is 23.5. The van der Waals surface area contributed by atoms with Crippen molar-refractivity contribution in [3.05, 3.63) is 80.8 Å². The molecule has 0 aliphatic carbocycles. The summed E-state index contributed by atoms with van der Waals surface area (Å²) < 4.78 is 1.74. The third kappa shape index (κ3) is 3.95. The number of aromatic nitrogens is 2. The van der Waals surface area contributed by atoms with Gasteiger partial charge in [-0.15, -0.1) is 34.0 Å². The molecule has 0 spiro atoms. The van der Waals surface area contributed by atoms with Crippen LogP contribution in [0.4, 0.5) is 0 Å². The lowest BCUT2D eigenvalue weighted by Gasteiger charge is -2.28. The minimum absolute atomic E-state index is 0.184. The number of rotatable bonds is 9. The molecule has 0 atom stereocenters. The Morgan fingerprint density at radius 2 is 1.37 bits per heavy atom. The molecule has 1 aliphatic rings. The SMILES string of the molecule is CCCCCCCCN1C(=O)c2ccc3c(=O)n4c(nc5c(-c6cccs6)sc(-c6cccs6)c54)c4ccc(c2c34)C1=O. The molecule has 7 aromatic rings. The molecule has 2 amide bonds. The second-order valence-corrected chi connectivity index (χ2v) is 14.0. The van der Waals surface area contributed by atoms with Crippen molar-refractivity contribution < 1.29 is 9.59 Å². The lowest BCUT2D eigenvalue weighted by atomic mass is 9.90. The van der Waals surface area contributed by atoms with Crippen LogP contribution in [-0.4, -0.2) is 32.6 Å². The number of amides is 2. The summed E-state index contributed by atoms with van der Waals surface area (Å²) in [7, 11) is 0. The average Bonchev–Trinajstić information content (AvgIpc) is 3.83. The number of nitrogens with zero attached hydrogens (tertiary/aromatic N) is 3. The van der Waals surface area contributed by atoms with Gasteiger partial charge < -0.3 is 0 Å². The zero-order valence-corrected chi connectivity index (χ0v) is 26.0. The first-order chi connectivity index (χ1) is 21.1. The van der Waals surface area contributed by atoms with E-state index in [0.717, 1.165) is 55.2 Å². The molecule has 0 bridgehead atoms. The van der Waals surface area contributed by atoms with E-state index >= 15 is 0 Å². The monoisotopic (exact) mass is 621 g/mol. The molecule has 0 N–H and O–H groups in total. The quantitative estimate of drug-likeness (QED) is 0.119. The normalized spacial score (nSPS) is 13.6. The van der Waals surface area contributed by atoms with E-state index in [-0.39, 0.29) is 17.4 Å². The number of carbonyl (C=O) groups excluding carboxylic acids is 2. The van der Waals surface area contributed by atoms with Crippen LogP contribution in [0.2, 0.25) is 0 Å². The molecule has 2 aromatic carbocycles. The Labute approximate surface area is 259 Å². The van der Waals surface area contributed by atoms with Crippen LogP contribution in [0, 0.1) is 0 Å². The molecule has 8 rings (SSSR count). The minimum Gasteiger partial charge on any atom is -0.274 e. The number of imidazole rings is 1. The van der Waals surface area contributed by atoms with Crippen LogP contribution in [0.5, 0.6) is 0 Å². The Balaban J connectivity index is 1.33. The predicted octanol–water partition coefficient (Wildman–Crippen LogP) is 9.07. The first-order valence-corrected chi connectivity index (χ1v) is 17.3. The Kier molecular flexibility index (Phi) is 6.43. The van der Waals surface area contributed by atoms with Crippen molar-refractivity contribution in [1.29, 1.82) is 0 Å². The fourth-order valence-corrected chi connectivity index (χ4v) is 9.42. The van der Waals surface area contributed by atoms with Gasteiger partial charge in [-0.1, -0.05) is 51.2 Å². The number of imide groups is 1. The number of benzene rings is 2. The van der Waals surface area contributed by atoms with Gasteiger partial charge >= 0.3 is 0 Å². The van der Waals surface area contributed by atoms with E-state index in [9.17, 15) is 14.4 Å². The predicted molar refractivity (Wildman–Crippen MR) is 178 cm³/mol. The maximum Gasteiger partial charge on any atom is 0.264 e. The zero-order chi connectivity index (χ0) is 29.2. The van der Waals surface area contributed by atoms with Crippen molar-refractivity contribution >= 4 is 84.1 Å². The highest BCUT2D eigenvalue weighted by Crippen LogP contribution is 2.47. The van der Waals surface area contributed by atoms with Crippen molar-refractivity contribution in [1.82, 2.24) is 14.3 Å². The van der Waals surface area contributed by atoms with Crippen LogP contribution in [0.25, 0.3) is 57.7 Å². The first-order valence-electron chi connectivity index (χ1n) is 14.7. The Bertz CT molecular complexity index is 2220. The second-order valence-electron chi connectivity index (χ2n) is 11.1. The van der Waals surface area contributed by atoms with Gasteiger partial charge in [-0.25, -0.2) is 4.98 Å². The molecule has 214 valence electrons. The van der Waals surface area contributed by atoms with Crippen molar-refractivity contribution in [2.24, 2.45) is 0 Å². The summed E-state index contributed by atoms with van der Waals surface area (Å²) in [5.74, 6) is -0.562. The molecule has 5 aromatic heterocycles. The minimum atomic E-state index is -0.281. The van der Waals surface area contributed by atoms with Gasteiger partial charge in [-0.05, 0) is 53.6 Å². The molecular formula is C34H27N3O3S3. The maximum atomic E-state index is 14.3. The topological polar surface area (TPSA) is 71.8 Å². The van der Waals surface area contributed by atoms with Gasteiger partial charge in [0, 0.05) is 49.0 Å². The van der Waals surface area contributed by atoms with Gasteiger partial charge in [-0.2, -0.15) is 0 Å². The van der Waals surface area contributed by atoms with E-state index in [2.05, 4.69) is 24.4 Å². The van der Waals surface area contributed by atoms with Crippen LogP contribution in [0.1, 0.15) is 66.2 Å². The maximum absolute atomic E-state index is 14.3. The molecule has 0 radical (unpaired) electrons. The Morgan fingerprint density at radius 3 is 2.05 bits per heavy atom. The third-order valence-corrected chi connectivity index (χ3v) is 11.8. The Hall–Kier alpha value is -3.92. The third-order valence-electron chi connectivity index (χ3n) is 8.52. The Morgan fingerprint density at radius 1 is 0.721 bits per heavy atom. The summed E-state index contributed by atoms with van der Waals surface area (Å²) in [5.41, 5.74) is 2.95. The molecule has 43 heavy (non-hydrogen) atoms. The number of fused-ring (bicyclic) bond motifs is 4. The highest BCUT2D eigenvalue weighted by Gasteiger charge is 2.34. The van der Waals surface area contributed by atoms with E-state index in [0.29, 0.717) is 39.5 Å². The summed E-state index contributed by atoms with van der Waals surface area (Å²) in [4.78, 5) is 52.5. The summed E-state index contributed by atoms with van der Waals surface area (Å²) in [5, 5.41) is 6.59. The summed E-state index contributed by atoms with van der Waals surface area (Å²) in [6.07, 6.45) is 6.46. The molecule has 1 aliphatic heterocycles. The number of hydrogen-bond acceptors (Lipinski definition) is 7. The smallest absolute Gasteiger partial charge is 0.264 e. The highest BCUT2D eigenvalue weighted by atomic mass is 32.1. The lowest BCUT2D eigenvalue weighted by Crippen LogP contribution is -2.41. The van der Waals surface area contributed by atoms with Gasteiger partial charge in [0.25, 0.3) is 17.4 Å². The number of thiophene rings is 3. The number of carbonyl (C=O) groups is 2. The molecular weight excluding hydrogens is 595 g/mol. The van der Waals surface area contributed by atoms with E-state index < -0.39 is 0 Å². The van der Waals surface area contributed by atoms with Crippen molar-refractivity contribution in [2.75, 3.05) is 6.54 Å². The standard InChI is InChI=1S/C34H27N3O3S3/c1-2-3-4-5-6-7-16-36-32(38)20-13-12-19-25-22(15-14-21(26(20)25)33(36)39)34(40)37-28-27(35-31(19)37)29(23-10-8-17-41-23)43-30(28)24-11-9-18-42-24/h8-15,17-18H,2-7,16H2,1H3. The average molecular weight is 622 g/mol. The number of pyridine rings is 1. The van der Waals surface area contributed by atoms with E-state index in [1.54, 1.807) is 50.5 Å². The molecule has 0 unspecified atom stereocenters. The summed E-state index contributed by atoms with van der Waals surface area (Å²) in [6, 6.07) is 15.4. The van der Waals surface area contributed by atoms with Crippen molar-refractivity contribution in [3.8, 4) is 19.5 Å². The van der Waals surface area contributed by atoms with Crippen LogP contribution in [0.15, 0.2) is 64.1 Å². The lowest BCUT2D eigenvalue weighted by molar-refractivity contribution is 0.0608. The molecule has 6 nitrogen and oxygen atoms in total. The van der Waals surface area contributed by atoms with E-state index in [1.165, 1.54) is 24.2 Å². The van der Waals surface area contributed by atoms with Crippen molar-refractivity contribution in [2.45, 2.75) is 45.4 Å². The largest absolute Gasteiger partial charge is 0.274 e. The van der Waals surface area contributed by atoms with Gasteiger partial charge in [0.1, 0.15) is 11.2 Å². The molecule has 0 fully saturated rings. The molecule has 6 heterocycles. The molecule has 0 saturated heterocycles. The van der Waals surface area contributed by atoms with Crippen LogP contribution >= 0.6 is 34.0 Å². The van der Waals surface area contributed by atoms with Gasteiger partial charge in [0.15, 0.2) is 0 Å². The molecule has 0 saturated carbocycles. The summed E-state index contributed by atoms with van der Waals surface area (Å²) in [6.45, 7) is 2.60. The number of unbranched alkanes of at least 4 members (excludes halogenated alkanes) is 5. The van der Waals surface area contributed by atoms with Crippen LogP contribution < -0.4 is 5.56 Å².